The third-order valence-electron chi connectivity index (χ3n) is 5.07. The normalized spacial score (nSPS) is 21.2. The van der Waals surface area contributed by atoms with E-state index in [-0.39, 0.29) is 17.9 Å². The fourth-order valence-electron chi connectivity index (χ4n) is 3.43. The lowest BCUT2D eigenvalue weighted by molar-refractivity contribution is -0.219. The van der Waals surface area contributed by atoms with Crippen LogP contribution in [-0.4, -0.2) is 60.6 Å². The SMILES string of the molecule is C[C@@H]1CN(CC(=O)N2CCc3ccc(Br)cc32)CCN1OC(=O)C(C)(C)C. The molecule has 27 heavy (non-hydrogen) atoms. The summed E-state index contributed by atoms with van der Waals surface area (Å²) in [5, 5.41) is 1.75. The van der Waals surface area contributed by atoms with Crippen molar-refractivity contribution in [1.29, 1.82) is 0 Å². The summed E-state index contributed by atoms with van der Waals surface area (Å²) < 4.78 is 0.990. The van der Waals surface area contributed by atoms with E-state index in [4.69, 9.17) is 4.84 Å². The van der Waals surface area contributed by atoms with E-state index in [0.29, 0.717) is 26.2 Å². The summed E-state index contributed by atoms with van der Waals surface area (Å²) in [7, 11) is 0. The van der Waals surface area contributed by atoms with Gasteiger partial charge in [-0.05, 0) is 51.8 Å². The van der Waals surface area contributed by atoms with Crippen molar-refractivity contribution >= 4 is 33.5 Å². The number of piperazine rings is 1. The standard InChI is InChI=1S/C20H28BrN3O3/c1-14-12-22(9-10-24(14)27-19(26)20(2,3)4)13-18(25)23-8-7-15-5-6-16(21)11-17(15)23/h5-6,11,14H,7-10,12-13H2,1-4H3/t14-/m1/s1. The highest BCUT2D eigenvalue weighted by atomic mass is 79.9. The monoisotopic (exact) mass is 437 g/mol. The molecule has 0 spiro atoms. The van der Waals surface area contributed by atoms with Crippen LogP contribution >= 0.6 is 15.9 Å². The molecule has 1 amide bonds. The van der Waals surface area contributed by atoms with Crippen LogP contribution in [0, 0.1) is 5.41 Å². The van der Waals surface area contributed by atoms with Crippen molar-refractivity contribution in [3.63, 3.8) is 0 Å². The quantitative estimate of drug-likeness (QED) is 0.727. The molecule has 0 N–H and O–H groups in total. The highest BCUT2D eigenvalue weighted by Crippen LogP contribution is 2.31. The predicted octanol–water partition coefficient (Wildman–Crippen LogP) is 2.85. The molecule has 1 atom stereocenters. The van der Waals surface area contributed by atoms with Crippen molar-refractivity contribution < 1.29 is 14.4 Å². The van der Waals surface area contributed by atoms with Crippen molar-refractivity contribution in [2.45, 2.75) is 40.2 Å². The Labute approximate surface area is 169 Å². The van der Waals surface area contributed by atoms with Gasteiger partial charge in [0.25, 0.3) is 0 Å². The lowest BCUT2D eigenvalue weighted by Gasteiger charge is -2.39. The van der Waals surface area contributed by atoms with E-state index in [1.807, 2.05) is 44.7 Å². The molecule has 1 aromatic rings. The summed E-state index contributed by atoms with van der Waals surface area (Å²) in [5.41, 5.74) is 1.71. The number of fused-ring (bicyclic) bond motifs is 1. The van der Waals surface area contributed by atoms with Crippen LogP contribution in [0.4, 0.5) is 5.69 Å². The summed E-state index contributed by atoms with van der Waals surface area (Å²) in [6.07, 6.45) is 0.904. The minimum atomic E-state index is -0.524. The van der Waals surface area contributed by atoms with Gasteiger partial charge in [0.15, 0.2) is 0 Å². The zero-order chi connectivity index (χ0) is 19.8. The Kier molecular flexibility index (Phi) is 5.93. The second kappa shape index (κ2) is 7.89. The molecule has 148 valence electrons. The zero-order valence-corrected chi connectivity index (χ0v) is 18.1. The number of benzene rings is 1. The van der Waals surface area contributed by atoms with E-state index in [2.05, 4.69) is 26.9 Å². The van der Waals surface area contributed by atoms with Gasteiger partial charge in [-0.15, -0.1) is 5.06 Å². The van der Waals surface area contributed by atoms with Crippen LogP contribution in [0.2, 0.25) is 0 Å². The maximum Gasteiger partial charge on any atom is 0.330 e. The van der Waals surface area contributed by atoms with E-state index < -0.39 is 5.41 Å². The first-order valence-electron chi connectivity index (χ1n) is 9.45. The Hall–Kier alpha value is -1.44. The summed E-state index contributed by atoms with van der Waals surface area (Å²) in [6, 6.07) is 6.18. The molecule has 0 saturated carbocycles. The molecule has 0 aliphatic carbocycles. The second-order valence-corrected chi connectivity index (χ2v) is 9.34. The van der Waals surface area contributed by atoms with Gasteiger partial charge in [0.1, 0.15) is 0 Å². The van der Waals surface area contributed by atoms with Gasteiger partial charge in [-0.25, -0.2) is 4.79 Å². The van der Waals surface area contributed by atoms with Gasteiger partial charge >= 0.3 is 5.97 Å². The molecule has 1 aromatic carbocycles. The Bertz CT molecular complexity index is 732. The molecule has 7 heteroatoms. The highest BCUT2D eigenvalue weighted by molar-refractivity contribution is 9.10. The van der Waals surface area contributed by atoms with E-state index in [0.717, 1.165) is 23.1 Å². The number of halogens is 1. The number of carbonyl (C=O) groups excluding carboxylic acids is 2. The average molecular weight is 438 g/mol. The Balaban J connectivity index is 1.56. The van der Waals surface area contributed by atoms with Gasteiger partial charge in [-0.2, -0.15) is 0 Å². The molecule has 6 nitrogen and oxygen atoms in total. The van der Waals surface area contributed by atoms with Gasteiger partial charge in [-0.1, -0.05) is 22.0 Å². The fourth-order valence-corrected chi connectivity index (χ4v) is 3.78. The minimum absolute atomic E-state index is 0.0536. The molecule has 1 saturated heterocycles. The summed E-state index contributed by atoms with van der Waals surface area (Å²) in [4.78, 5) is 34.5. The third kappa shape index (κ3) is 4.70. The Morgan fingerprint density at radius 2 is 1.96 bits per heavy atom. The van der Waals surface area contributed by atoms with Crippen LogP contribution in [0.5, 0.6) is 0 Å². The summed E-state index contributed by atoms with van der Waals surface area (Å²) in [6.45, 7) is 10.7. The second-order valence-electron chi connectivity index (χ2n) is 8.42. The molecule has 3 rings (SSSR count). The maximum absolute atomic E-state index is 12.9. The number of hydroxylamine groups is 2. The lowest BCUT2D eigenvalue weighted by Crippen LogP contribution is -2.55. The molecule has 0 radical (unpaired) electrons. The molecule has 0 bridgehead atoms. The highest BCUT2D eigenvalue weighted by Gasteiger charge is 2.33. The van der Waals surface area contributed by atoms with Crippen LogP contribution in [0.25, 0.3) is 0 Å². The zero-order valence-electron chi connectivity index (χ0n) is 16.5. The summed E-state index contributed by atoms with van der Waals surface area (Å²) >= 11 is 3.49. The molecule has 1 fully saturated rings. The maximum atomic E-state index is 12.9. The molecular weight excluding hydrogens is 410 g/mol. The molecule has 2 aliphatic rings. The fraction of sp³-hybridized carbons (Fsp3) is 0.600. The molecule has 2 aliphatic heterocycles. The van der Waals surface area contributed by atoms with Crippen molar-refractivity contribution in [3.8, 4) is 0 Å². The van der Waals surface area contributed by atoms with E-state index in [9.17, 15) is 9.59 Å². The first-order chi connectivity index (χ1) is 12.6. The van der Waals surface area contributed by atoms with Gasteiger partial charge in [0.2, 0.25) is 5.91 Å². The van der Waals surface area contributed by atoms with Crippen molar-refractivity contribution in [2.75, 3.05) is 37.6 Å². The average Bonchev–Trinajstić information content (AvgIpc) is 2.99. The molecule has 2 heterocycles. The van der Waals surface area contributed by atoms with Gasteiger partial charge in [0, 0.05) is 36.3 Å². The predicted molar refractivity (Wildman–Crippen MR) is 108 cm³/mol. The van der Waals surface area contributed by atoms with Gasteiger partial charge in [0.05, 0.1) is 18.0 Å². The van der Waals surface area contributed by atoms with Crippen LogP contribution in [0.3, 0.4) is 0 Å². The Morgan fingerprint density at radius 3 is 2.63 bits per heavy atom. The largest absolute Gasteiger partial charge is 0.367 e. The van der Waals surface area contributed by atoms with E-state index >= 15 is 0 Å². The molecule has 0 unspecified atom stereocenters. The molecular formula is C20H28BrN3O3. The number of rotatable bonds is 3. The number of nitrogens with zero attached hydrogens (tertiary/aromatic N) is 3. The number of hydrogen-bond acceptors (Lipinski definition) is 5. The molecule has 0 aromatic heterocycles. The van der Waals surface area contributed by atoms with Gasteiger partial charge in [-0.3, -0.25) is 9.69 Å². The minimum Gasteiger partial charge on any atom is -0.367 e. The van der Waals surface area contributed by atoms with Gasteiger partial charge < -0.3 is 9.74 Å². The van der Waals surface area contributed by atoms with Crippen LogP contribution < -0.4 is 4.90 Å². The first kappa shape index (κ1) is 20.3. The Morgan fingerprint density at radius 1 is 1.22 bits per heavy atom. The van der Waals surface area contributed by atoms with Crippen LogP contribution in [0.15, 0.2) is 22.7 Å². The lowest BCUT2D eigenvalue weighted by atomic mass is 9.98. The van der Waals surface area contributed by atoms with Crippen LogP contribution in [0.1, 0.15) is 33.3 Å². The van der Waals surface area contributed by atoms with Crippen molar-refractivity contribution in [1.82, 2.24) is 9.96 Å². The smallest absolute Gasteiger partial charge is 0.330 e. The topological polar surface area (TPSA) is 53.1 Å². The number of anilines is 1. The van der Waals surface area contributed by atoms with Crippen molar-refractivity contribution in [2.24, 2.45) is 5.41 Å². The first-order valence-corrected chi connectivity index (χ1v) is 10.2. The number of hydrogen-bond donors (Lipinski definition) is 0. The number of carbonyl (C=O) groups is 2. The third-order valence-corrected chi connectivity index (χ3v) is 5.56. The summed E-state index contributed by atoms with van der Waals surface area (Å²) in [5.74, 6) is -0.0997. The van der Waals surface area contributed by atoms with E-state index in [1.165, 1.54) is 5.56 Å². The van der Waals surface area contributed by atoms with E-state index in [1.54, 1.807) is 5.06 Å². The van der Waals surface area contributed by atoms with Crippen LogP contribution in [-0.2, 0) is 20.8 Å². The number of amides is 1. The van der Waals surface area contributed by atoms with Crippen molar-refractivity contribution in [3.05, 3.63) is 28.2 Å².